The fourth-order valence-corrected chi connectivity index (χ4v) is 2.01. The van der Waals surface area contributed by atoms with Gasteiger partial charge < -0.3 is 11.1 Å². The zero-order valence-electron chi connectivity index (χ0n) is 11.4. The molecule has 6 heteroatoms. The number of aryl methyl sites for hydroxylation is 2. The summed E-state index contributed by atoms with van der Waals surface area (Å²) >= 11 is 5.45. The minimum atomic E-state index is -0.885. The fraction of sp³-hybridized carbons (Fsp3) is 0.133. The summed E-state index contributed by atoms with van der Waals surface area (Å²) in [5.41, 5.74) is 7.92. The van der Waals surface area contributed by atoms with E-state index >= 15 is 0 Å². The first-order valence-electron chi connectivity index (χ1n) is 6.12. The molecule has 0 fully saturated rings. The van der Waals surface area contributed by atoms with Crippen molar-refractivity contribution in [2.45, 2.75) is 13.8 Å². The second-order valence-corrected chi connectivity index (χ2v) is 5.13. The quantitative estimate of drug-likeness (QED) is 0.649. The number of anilines is 2. The first kappa shape index (κ1) is 15.3. The van der Waals surface area contributed by atoms with Gasteiger partial charge in [-0.2, -0.15) is 0 Å². The topological polar surface area (TPSA) is 55.1 Å². The standard InChI is InChI=1S/C15H13ClF2N2O/c1-7-4-14(8(2)3-13(7)19)20-15(21)9-5-12(18)10(16)6-11(9)17/h3-6H,19H2,1-2H3,(H,20,21). The summed E-state index contributed by atoms with van der Waals surface area (Å²) in [6, 6.07) is 4.91. The summed E-state index contributed by atoms with van der Waals surface area (Å²) in [5.74, 6) is -2.49. The molecule has 1 amide bonds. The van der Waals surface area contributed by atoms with E-state index in [1.807, 2.05) is 0 Å². The Labute approximate surface area is 125 Å². The SMILES string of the molecule is Cc1cc(NC(=O)c2cc(F)c(Cl)cc2F)c(C)cc1N. The number of nitrogens with one attached hydrogen (secondary N) is 1. The Morgan fingerprint density at radius 1 is 1.10 bits per heavy atom. The van der Waals surface area contributed by atoms with E-state index in [9.17, 15) is 13.6 Å². The Balaban J connectivity index is 2.35. The van der Waals surface area contributed by atoms with E-state index in [4.69, 9.17) is 17.3 Å². The van der Waals surface area contributed by atoms with Crippen LogP contribution in [0.1, 0.15) is 21.5 Å². The smallest absolute Gasteiger partial charge is 0.258 e. The molecule has 0 saturated heterocycles. The average Bonchev–Trinajstić information content (AvgIpc) is 2.40. The van der Waals surface area contributed by atoms with Crippen LogP contribution in [0.5, 0.6) is 0 Å². The molecular formula is C15H13ClF2N2O. The van der Waals surface area contributed by atoms with Crippen molar-refractivity contribution >= 4 is 28.9 Å². The van der Waals surface area contributed by atoms with Crippen LogP contribution in [0.25, 0.3) is 0 Å². The number of hydrogen-bond acceptors (Lipinski definition) is 2. The third-order valence-electron chi connectivity index (χ3n) is 3.12. The van der Waals surface area contributed by atoms with Crippen LogP contribution in [-0.2, 0) is 0 Å². The van der Waals surface area contributed by atoms with Gasteiger partial charge in [0.15, 0.2) is 0 Å². The minimum Gasteiger partial charge on any atom is -0.399 e. The first-order chi connectivity index (χ1) is 9.79. The van der Waals surface area contributed by atoms with E-state index in [0.29, 0.717) is 11.4 Å². The Morgan fingerprint density at radius 2 is 1.76 bits per heavy atom. The molecule has 2 rings (SSSR count). The van der Waals surface area contributed by atoms with Gasteiger partial charge >= 0.3 is 0 Å². The molecule has 0 spiro atoms. The molecule has 2 aromatic rings. The van der Waals surface area contributed by atoms with Crippen molar-refractivity contribution in [2.75, 3.05) is 11.1 Å². The molecule has 0 heterocycles. The molecule has 3 nitrogen and oxygen atoms in total. The molecule has 0 aliphatic rings. The van der Waals surface area contributed by atoms with Crippen molar-refractivity contribution < 1.29 is 13.6 Å². The molecule has 2 aromatic carbocycles. The highest BCUT2D eigenvalue weighted by molar-refractivity contribution is 6.30. The molecule has 0 saturated carbocycles. The van der Waals surface area contributed by atoms with Gasteiger partial charge in [0, 0.05) is 11.4 Å². The van der Waals surface area contributed by atoms with Crippen LogP contribution < -0.4 is 11.1 Å². The molecule has 0 aliphatic carbocycles. The zero-order valence-corrected chi connectivity index (χ0v) is 12.2. The molecule has 0 aromatic heterocycles. The van der Waals surface area contributed by atoms with Crippen molar-refractivity contribution in [1.82, 2.24) is 0 Å². The Morgan fingerprint density at radius 3 is 2.43 bits per heavy atom. The van der Waals surface area contributed by atoms with E-state index in [1.165, 1.54) is 0 Å². The van der Waals surface area contributed by atoms with Gasteiger partial charge in [0.05, 0.1) is 10.6 Å². The van der Waals surface area contributed by atoms with Crippen LogP contribution in [0, 0.1) is 25.5 Å². The van der Waals surface area contributed by atoms with Gasteiger partial charge in [-0.1, -0.05) is 11.6 Å². The van der Waals surface area contributed by atoms with Crippen molar-refractivity contribution in [1.29, 1.82) is 0 Å². The summed E-state index contributed by atoms with van der Waals surface area (Å²) < 4.78 is 27.1. The number of nitrogens with two attached hydrogens (primary N) is 1. The lowest BCUT2D eigenvalue weighted by atomic mass is 10.1. The third-order valence-corrected chi connectivity index (χ3v) is 3.41. The summed E-state index contributed by atoms with van der Waals surface area (Å²) in [6.07, 6.45) is 0. The maximum absolute atomic E-state index is 13.7. The Hall–Kier alpha value is -2.14. The van der Waals surface area contributed by atoms with E-state index in [2.05, 4.69) is 5.32 Å². The highest BCUT2D eigenvalue weighted by Gasteiger charge is 2.16. The van der Waals surface area contributed by atoms with Gasteiger partial charge in [-0.3, -0.25) is 4.79 Å². The Kier molecular flexibility index (Phi) is 4.14. The van der Waals surface area contributed by atoms with E-state index in [-0.39, 0.29) is 5.02 Å². The second kappa shape index (κ2) is 5.69. The van der Waals surface area contributed by atoms with Crippen molar-refractivity contribution in [3.05, 3.63) is 57.6 Å². The number of rotatable bonds is 2. The molecule has 0 unspecified atom stereocenters. The molecule has 0 radical (unpaired) electrons. The van der Waals surface area contributed by atoms with Crippen LogP contribution in [0.2, 0.25) is 5.02 Å². The number of carbonyl (C=O) groups is 1. The number of amides is 1. The predicted octanol–water partition coefficient (Wildman–Crippen LogP) is 4.07. The minimum absolute atomic E-state index is 0.372. The average molecular weight is 311 g/mol. The summed E-state index contributed by atoms with van der Waals surface area (Å²) in [5, 5.41) is 2.17. The maximum Gasteiger partial charge on any atom is 0.258 e. The van der Waals surface area contributed by atoms with Gasteiger partial charge in [-0.25, -0.2) is 8.78 Å². The number of carbonyl (C=O) groups excluding carboxylic acids is 1. The van der Waals surface area contributed by atoms with Crippen LogP contribution in [0.4, 0.5) is 20.2 Å². The van der Waals surface area contributed by atoms with Gasteiger partial charge in [0.2, 0.25) is 0 Å². The van der Waals surface area contributed by atoms with Crippen LogP contribution >= 0.6 is 11.6 Å². The van der Waals surface area contributed by atoms with Crippen LogP contribution in [0.15, 0.2) is 24.3 Å². The molecule has 3 N–H and O–H groups in total. The second-order valence-electron chi connectivity index (χ2n) is 4.72. The number of benzene rings is 2. The predicted molar refractivity (Wildman–Crippen MR) is 79.6 cm³/mol. The third kappa shape index (κ3) is 3.13. The molecule has 0 bridgehead atoms. The molecular weight excluding hydrogens is 298 g/mol. The van der Waals surface area contributed by atoms with Gasteiger partial charge in [-0.15, -0.1) is 0 Å². The van der Waals surface area contributed by atoms with E-state index in [1.54, 1.807) is 26.0 Å². The summed E-state index contributed by atoms with van der Waals surface area (Å²) in [6.45, 7) is 3.54. The van der Waals surface area contributed by atoms with Gasteiger partial charge in [-0.05, 0) is 49.2 Å². The monoisotopic (exact) mass is 310 g/mol. The number of nitrogen functional groups attached to an aromatic ring is 1. The lowest BCUT2D eigenvalue weighted by Crippen LogP contribution is -2.15. The van der Waals surface area contributed by atoms with E-state index < -0.39 is 23.1 Å². The highest BCUT2D eigenvalue weighted by Crippen LogP contribution is 2.24. The van der Waals surface area contributed by atoms with Crippen molar-refractivity contribution in [2.24, 2.45) is 0 Å². The van der Waals surface area contributed by atoms with Crippen molar-refractivity contribution in [3.8, 4) is 0 Å². The number of hydrogen-bond donors (Lipinski definition) is 2. The van der Waals surface area contributed by atoms with Crippen LogP contribution in [-0.4, -0.2) is 5.91 Å². The summed E-state index contributed by atoms with van der Waals surface area (Å²) in [7, 11) is 0. The van der Waals surface area contributed by atoms with Crippen LogP contribution in [0.3, 0.4) is 0 Å². The van der Waals surface area contributed by atoms with E-state index in [0.717, 1.165) is 23.3 Å². The molecule has 21 heavy (non-hydrogen) atoms. The molecule has 110 valence electrons. The molecule has 0 atom stereocenters. The fourth-order valence-electron chi connectivity index (χ4n) is 1.86. The largest absolute Gasteiger partial charge is 0.399 e. The molecule has 0 aliphatic heterocycles. The van der Waals surface area contributed by atoms with Crippen molar-refractivity contribution in [3.63, 3.8) is 0 Å². The first-order valence-corrected chi connectivity index (χ1v) is 6.50. The van der Waals surface area contributed by atoms with Gasteiger partial charge in [0.25, 0.3) is 5.91 Å². The highest BCUT2D eigenvalue weighted by atomic mass is 35.5. The summed E-state index contributed by atoms with van der Waals surface area (Å²) in [4.78, 5) is 12.1. The zero-order chi connectivity index (χ0) is 15.7. The lowest BCUT2D eigenvalue weighted by molar-refractivity contribution is 0.102. The Bertz CT molecular complexity index is 732. The number of halogens is 3. The normalized spacial score (nSPS) is 10.5. The van der Waals surface area contributed by atoms with Gasteiger partial charge in [0.1, 0.15) is 11.6 Å². The lowest BCUT2D eigenvalue weighted by Gasteiger charge is -2.12. The maximum atomic E-state index is 13.7.